The number of nitrogens with zero attached hydrogens (tertiary/aromatic N) is 2. The average Bonchev–Trinajstić information content (AvgIpc) is 3.81. The molecule has 0 unspecified atom stereocenters. The van der Waals surface area contributed by atoms with Gasteiger partial charge in [-0.3, -0.25) is 19.2 Å². The van der Waals surface area contributed by atoms with Crippen LogP contribution in [0.2, 0.25) is 0 Å². The lowest BCUT2D eigenvalue weighted by Gasteiger charge is -2.32. The molecule has 4 aliphatic carbocycles. The highest BCUT2D eigenvalue weighted by Crippen LogP contribution is 2.59. The van der Waals surface area contributed by atoms with Crippen molar-refractivity contribution in [3.63, 3.8) is 0 Å². The van der Waals surface area contributed by atoms with Crippen molar-refractivity contribution in [1.82, 2.24) is 9.97 Å². The summed E-state index contributed by atoms with van der Waals surface area (Å²) in [5, 5.41) is 0.775. The highest BCUT2D eigenvalue weighted by Gasteiger charge is 2.50. The van der Waals surface area contributed by atoms with Crippen LogP contribution in [0, 0.1) is 0 Å². The third kappa shape index (κ3) is 4.45. The number of hydrogen-bond acceptors (Lipinski definition) is 8. The Bertz CT molecular complexity index is 2080. The minimum absolute atomic E-state index is 0.0412. The molecule has 4 aromatic rings. The molecule has 6 nitrogen and oxygen atoms in total. The van der Waals surface area contributed by atoms with Crippen LogP contribution in [0.5, 0.6) is 0 Å². The van der Waals surface area contributed by atoms with E-state index in [4.69, 9.17) is 9.97 Å². The summed E-state index contributed by atoms with van der Waals surface area (Å²) in [6.07, 6.45) is -2.33. The summed E-state index contributed by atoms with van der Waals surface area (Å²) in [5.74, 6) is -3.88. The summed E-state index contributed by atoms with van der Waals surface area (Å²) in [4.78, 5) is 62.5. The van der Waals surface area contributed by atoms with Gasteiger partial charge in [0.2, 0.25) is 23.1 Å². The fourth-order valence-electron chi connectivity index (χ4n) is 7.05. The van der Waals surface area contributed by atoms with Crippen LogP contribution in [0.25, 0.3) is 33.1 Å². The number of aromatic nitrogens is 2. The maximum atomic E-state index is 13.3. The van der Waals surface area contributed by atoms with Crippen molar-refractivity contribution in [3.8, 4) is 9.75 Å². The van der Waals surface area contributed by atoms with Gasteiger partial charge in [0, 0.05) is 22.3 Å². The first-order valence-electron chi connectivity index (χ1n) is 14.7. The quantitative estimate of drug-likeness (QED) is 0.119. The van der Waals surface area contributed by atoms with Crippen molar-refractivity contribution in [2.75, 3.05) is 0 Å². The zero-order valence-corrected chi connectivity index (χ0v) is 25.9. The van der Waals surface area contributed by atoms with Gasteiger partial charge in [-0.15, -0.1) is 22.7 Å². The molecule has 0 saturated heterocycles. The molecule has 8 rings (SSSR count). The number of ketones is 4. The number of fused-ring (bicyclic) bond motifs is 7. The van der Waals surface area contributed by atoms with E-state index in [2.05, 4.69) is 0 Å². The van der Waals surface area contributed by atoms with E-state index in [-0.39, 0.29) is 33.4 Å². The number of alkyl halides is 6. The van der Waals surface area contributed by atoms with Crippen LogP contribution in [0.1, 0.15) is 96.5 Å². The number of allylic oxidation sites excluding steroid dienone is 2. The van der Waals surface area contributed by atoms with Gasteiger partial charge in [-0.2, -0.15) is 26.3 Å². The minimum atomic E-state index is -4.68. The molecule has 0 N–H and O–H groups in total. The second kappa shape index (κ2) is 10.2. The van der Waals surface area contributed by atoms with Crippen molar-refractivity contribution >= 4 is 69.1 Å². The van der Waals surface area contributed by atoms with Crippen molar-refractivity contribution < 1.29 is 45.5 Å². The summed E-state index contributed by atoms with van der Waals surface area (Å²) in [6, 6.07) is 5.26. The molecule has 48 heavy (non-hydrogen) atoms. The van der Waals surface area contributed by atoms with Crippen LogP contribution in [-0.4, -0.2) is 33.1 Å². The molecule has 0 aliphatic heterocycles. The van der Waals surface area contributed by atoms with Gasteiger partial charge in [0.15, 0.2) is 0 Å². The van der Waals surface area contributed by atoms with Crippen molar-refractivity contribution in [1.29, 1.82) is 0 Å². The molecule has 1 spiro atoms. The van der Waals surface area contributed by atoms with Gasteiger partial charge in [0.1, 0.15) is 10.0 Å². The number of hydrogen-bond donors (Lipinski definition) is 0. The lowest BCUT2D eigenvalue weighted by atomic mass is 9.72. The van der Waals surface area contributed by atoms with E-state index < -0.39 is 52.0 Å². The summed E-state index contributed by atoms with van der Waals surface area (Å²) in [5.41, 5.74) is -1.62. The molecule has 1 saturated carbocycles. The topological polar surface area (TPSA) is 94.1 Å². The number of halogens is 6. The van der Waals surface area contributed by atoms with Gasteiger partial charge in [-0.25, -0.2) is 9.97 Å². The fraction of sp³-hybridized carbons (Fsp3) is 0.235. The van der Waals surface area contributed by atoms with E-state index in [0.717, 1.165) is 64.7 Å². The van der Waals surface area contributed by atoms with Gasteiger partial charge in [0.25, 0.3) is 0 Å². The van der Waals surface area contributed by atoms with Gasteiger partial charge in [0.05, 0.1) is 37.7 Å². The number of thiazole rings is 2. The standard InChI is InChI=1S/C34H18F6N2O4S2/c35-33(36,37)14-4-6-16-18(10-14)24(43)26(45)20(16)12-22-41-30-28(47-22)29-31(32(30)8-2-1-3-9-32)42-23(48-29)13-21-17-7-5-15(34(38,39)40)11-19(17)25(44)27(21)46/h4-7,10-13H,1-3,8-9H2/b20-12-,21-13-. The van der Waals surface area contributed by atoms with Gasteiger partial charge in [-0.1, -0.05) is 31.4 Å². The van der Waals surface area contributed by atoms with Crippen LogP contribution in [0.3, 0.4) is 0 Å². The molecular weight excluding hydrogens is 679 g/mol. The van der Waals surface area contributed by atoms with Gasteiger partial charge >= 0.3 is 12.4 Å². The average molecular weight is 697 g/mol. The fourth-order valence-corrected chi connectivity index (χ4v) is 9.40. The summed E-state index contributed by atoms with van der Waals surface area (Å²) in [6.45, 7) is 0. The molecule has 242 valence electrons. The van der Waals surface area contributed by atoms with E-state index >= 15 is 0 Å². The van der Waals surface area contributed by atoms with E-state index in [0.29, 0.717) is 35.0 Å². The number of benzene rings is 2. The first-order valence-corrected chi connectivity index (χ1v) is 16.4. The van der Waals surface area contributed by atoms with E-state index in [9.17, 15) is 45.5 Å². The molecule has 2 heterocycles. The summed E-state index contributed by atoms with van der Waals surface area (Å²) in [7, 11) is 0. The Balaban J connectivity index is 1.21. The largest absolute Gasteiger partial charge is 0.416 e. The van der Waals surface area contributed by atoms with Crippen molar-refractivity contribution in [2.24, 2.45) is 0 Å². The normalized spacial score (nSPS) is 19.9. The van der Waals surface area contributed by atoms with Crippen molar-refractivity contribution in [2.45, 2.75) is 49.9 Å². The first kappa shape index (κ1) is 30.8. The second-order valence-corrected chi connectivity index (χ2v) is 14.1. The zero-order chi connectivity index (χ0) is 33.9. The summed E-state index contributed by atoms with van der Waals surface area (Å²) < 4.78 is 79.7. The predicted octanol–water partition coefficient (Wildman–Crippen LogP) is 8.48. The van der Waals surface area contributed by atoms with Crippen LogP contribution >= 0.6 is 22.7 Å². The Morgan fingerprint density at radius 1 is 0.583 bits per heavy atom. The number of carbonyl (C=O) groups is 4. The molecule has 1 fully saturated rings. The maximum Gasteiger partial charge on any atom is 0.416 e. The van der Waals surface area contributed by atoms with Gasteiger partial charge < -0.3 is 0 Å². The molecule has 0 amide bonds. The highest BCUT2D eigenvalue weighted by atomic mass is 32.1. The monoisotopic (exact) mass is 696 g/mol. The minimum Gasteiger partial charge on any atom is -0.285 e. The van der Waals surface area contributed by atoms with Crippen molar-refractivity contribution in [3.05, 3.63) is 91.2 Å². The molecule has 4 aliphatic rings. The molecule has 14 heteroatoms. The summed E-state index contributed by atoms with van der Waals surface area (Å²) >= 11 is 2.49. The van der Waals surface area contributed by atoms with Gasteiger partial charge in [-0.05, 0) is 60.4 Å². The predicted molar refractivity (Wildman–Crippen MR) is 164 cm³/mol. The van der Waals surface area contributed by atoms with E-state index in [1.165, 1.54) is 34.8 Å². The number of Topliss-reactive ketones (excluding diaryl/α,β-unsaturated/α-hetero) is 4. The second-order valence-electron chi connectivity index (χ2n) is 12.1. The smallest absolute Gasteiger partial charge is 0.285 e. The Morgan fingerprint density at radius 2 is 1.00 bits per heavy atom. The Kier molecular flexibility index (Phi) is 6.55. The zero-order valence-electron chi connectivity index (χ0n) is 24.3. The van der Waals surface area contributed by atoms with Crippen LogP contribution < -0.4 is 0 Å². The molecule has 0 radical (unpaired) electrons. The lowest BCUT2D eigenvalue weighted by Crippen LogP contribution is -2.29. The van der Waals surface area contributed by atoms with Crippen LogP contribution in [0.4, 0.5) is 26.3 Å². The molecule has 0 atom stereocenters. The van der Waals surface area contributed by atoms with E-state index in [1.807, 2.05) is 0 Å². The third-order valence-electron chi connectivity index (χ3n) is 9.31. The molecular formula is C34H18F6N2O4S2. The van der Waals surface area contributed by atoms with E-state index in [1.54, 1.807) is 0 Å². The maximum absolute atomic E-state index is 13.3. The highest BCUT2D eigenvalue weighted by molar-refractivity contribution is 7.23. The first-order chi connectivity index (χ1) is 22.7. The molecule has 2 aromatic carbocycles. The SMILES string of the molecule is O=C1C(=O)c2cc(C(F)(F)F)ccc2/C1=C/c1nc2c(s1)-c1sc(/C=C3\C(=O)C(=O)c4cc(C(F)(F)F)ccc43)nc1C21CCCCC1. The van der Waals surface area contributed by atoms with Crippen LogP contribution in [0.15, 0.2) is 36.4 Å². The Morgan fingerprint density at radius 3 is 1.40 bits per heavy atom. The molecule has 2 aromatic heterocycles. The Labute approximate surface area is 274 Å². The third-order valence-corrected chi connectivity index (χ3v) is 11.5. The number of carbonyl (C=O) groups excluding carboxylic acids is 4. The lowest BCUT2D eigenvalue weighted by molar-refractivity contribution is -0.138. The number of rotatable bonds is 2. The molecule has 0 bridgehead atoms. The van der Waals surface area contributed by atoms with Crippen LogP contribution in [-0.2, 0) is 27.4 Å². The Hall–Kier alpha value is -4.56.